The maximum absolute atomic E-state index is 12.3. The van der Waals surface area contributed by atoms with Crippen molar-refractivity contribution in [1.29, 1.82) is 0 Å². The summed E-state index contributed by atoms with van der Waals surface area (Å²) in [6, 6.07) is 4.82. The van der Waals surface area contributed by atoms with Crippen molar-refractivity contribution in [1.82, 2.24) is 4.90 Å². The van der Waals surface area contributed by atoms with Gasteiger partial charge < -0.3 is 15.1 Å². The van der Waals surface area contributed by atoms with Crippen LogP contribution in [0.3, 0.4) is 0 Å². The first kappa shape index (κ1) is 15.1. The molecule has 5 nitrogen and oxygen atoms in total. The average molecular weight is 389 g/mol. The number of aromatic hydroxyl groups is 1. The number of amides is 1. The molecule has 1 fully saturated rings. The first-order valence-corrected chi connectivity index (χ1v) is 7.42. The second-order valence-corrected chi connectivity index (χ2v) is 6.49. The Morgan fingerprint density at radius 2 is 1.90 bits per heavy atom. The van der Waals surface area contributed by atoms with Crippen molar-refractivity contribution < 1.29 is 19.8 Å². The van der Waals surface area contributed by atoms with Gasteiger partial charge in [-0.2, -0.15) is 0 Å². The van der Waals surface area contributed by atoms with Crippen molar-refractivity contribution in [3.05, 3.63) is 27.3 Å². The lowest BCUT2D eigenvalue weighted by Crippen LogP contribution is -2.45. The topological polar surface area (TPSA) is 77.8 Å². The van der Waals surface area contributed by atoms with Gasteiger partial charge in [0.15, 0.2) is 0 Å². The minimum Gasteiger partial charge on any atom is -0.507 e. The fourth-order valence-electron chi connectivity index (χ4n) is 2.25. The van der Waals surface area contributed by atoms with Crippen LogP contribution in [-0.2, 0) is 4.79 Å². The van der Waals surface area contributed by atoms with Gasteiger partial charge in [-0.05, 0) is 60.6 Å². The Labute approximate surface area is 130 Å². The number of halogens is 1. The third kappa shape index (κ3) is 2.89. The van der Waals surface area contributed by atoms with E-state index in [1.165, 1.54) is 6.07 Å². The molecule has 1 heterocycles. The molecular weight excluding hydrogens is 373 g/mol. The molecule has 6 heteroatoms. The van der Waals surface area contributed by atoms with Crippen molar-refractivity contribution in [3.63, 3.8) is 0 Å². The van der Waals surface area contributed by atoms with Gasteiger partial charge in [-0.15, -0.1) is 0 Å². The van der Waals surface area contributed by atoms with E-state index in [2.05, 4.69) is 0 Å². The van der Waals surface area contributed by atoms with E-state index in [0.717, 1.165) is 0 Å². The van der Waals surface area contributed by atoms with Gasteiger partial charge in [-0.25, -0.2) is 0 Å². The van der Waals surface area contributed by atoms with Crippen molar-refractivity contribution in [3.8, 4) is 5.75 Å². The highest BCUT2D eigenvalue weighted by molar-refractivity contribution is 14.1. The molecule has 2 N–H and O–H groups in total. The predicted octanol–water partition coefficient (Wildman–Crippen LogP) is 2.32. The van der Waals surface area contributed by atoms with Gasteiger partial charge in [0.2, 0.25) is 0 Å². The number of likely N-dealkylation sites (tertiary alicyclic amines) is 1. The third-order valence-electron chi connectivity index (χ3n) is 3.86. The van der Waals surface area contributed by atoms with Crippen LogP contribution in [0, 0.1) is 8.99 Å². The number of phenols is 1. The average Bonchev–Trinajstić information content (AvgIpc) is 2.42. The standard InChI is InChI=1S/C14H16INO4/c1-14(13(19)20)4-6-16(7-5-14)12(18)9-2-3-10(15)11(17)8-9/h2-3,8,17H,4-7H2,1H3,(H,19,20). The number of benzene rings is 1. The Kier molecular flexibility index (Phi) is 4.22. The molecule has 0 unspecified atom stereocenters. The molecule has 1 saturated heterocycles. The number of aliphatic carboxylic acids is 1. The summed E-state index contributed by atoms with van der Waals surface area (Å²) in [6.07, 6.45) is 0.898. The highest BCUT2D eigenvalue weighted by Gasteiger charge is 2.38. The number of phenolic OH excluding ortho intramolecular Hbond substituents is 1. The van der Waals surface area contributed by atoms with Gasteiger partial charge in [0, 0.05) is 18.7 Å². The van der Waals surface area contributed by atoms with Crippen LogP contribution in [0.1, 0.15) is 30.1 Å². The molecule has 2 rings (SSSR count). The van der Waals surface area contributed by atoms with E-state index in [4.69, 9.17) is 5.11 Å². The number of hydrogen-bond donors (Lipinski definition) is 2. The first-order chi connectivity index (χ1) is 9.33. The Morgan fingerprint density at radius 1 is 1.30 bits per heavy atom. The Balaban J connectivity index is 2.08. The monoisotopic (exact) mass is 389 g/mol. The molecule has 1 aliphatic heterocycles. The zero-order valence-corrected chi connectivity index (χ0v) is 13.3. The van der Waals surface area contributed by atoms with Crippen LogP contribution in [0.25, 0.3) is 0 Å². The smallest absolute Gasteiger partial charge is 0.309 e. The molecule has 0 aliphatic carbocycles. The molecule has 20 heavy (non-hydrogen) atoms. The Hall–Kier alpha value is -1.31. The quantitative estimate of drug-likeness (QED) is 0.762. The number of carboxylic acid groups (broad SMARTS) is 1. The molecule has 0 bridgehead atoms. The third-order valence-corrected chi connectivity index (χ3v) is 4.78. The number of carbonyl (C=O) groups is 2. The maximum atomic E-state index is 12.3. The number of rotatable bonds is 2. The molecule has 1 aliphatic rings. The molecule has 0 spiro atoms. The van der Waals surface area contributed by atoms with Crippen molar-refractivity contribution in [2.75, 3.05) is 13.1 Å². The molecule has 0 saturated carbocycles. The van der Waals surface area contributed by atoms with E-state index in [1.54, 1.807) is 24.0 Å². The molecule has 0 radical (unpaired) electrons. The fraction of sp³-hybridized carbons (Fsp3) is 0.429. The lowest BCUT2D eigenvalue weighted by Gasteiger charge is -2.36. The summed E-state index contributed by atoms with van der Waals surface area (Å²) in [4.78, 5) is 25.1. The van der Waals surface area contributed by atoms with Crippen molar-refractivity contribution >= 4 is 34.5 Å². The molecule has 1 amide bonds. The predicted molar refractivity (Wildman–Crippen MR) is 81.7 cm³/mol. The molecule has 0 atom stereocenters. The first-order valence-electron chi connectivity index (χ1n) is 6.35. The zero-order valence-electron chi connectivity index (χ0n) is 11.1. The van der Waals surface area contributed by atoms with Crippen LogP contribution in [0.15, 0.2) is 18.2 Å². The summed E-state index contributed by atoms with van der Waals surface area (Å²) >= 11 is 1.99. The highest BCUT2D eigenvalue weighted by atomic mass is 127. The normalized spacial score (nSPS) is 17.8. The van der Waals surface area contributed by atoms with E-state index >= 15 is 0 Å². The Morgan fingerprint density at radius 3 is 2.40 bits per heavy atom. The van der Waals surface area contributed by atoms with Gasteiger partial charge in [-0.1, -0.05) is 0 Å². The van der Waals surface area contributed by atoms with E-state index < -0.39 is 11.4 Å². The Bertz CT molecular complexity index is 550. The zero-order chi connectivity index (χ0) is 14.9. The maximum Gasteiger partial charge on any atom is 0.309 e. The summed E-state index contributed by atoms with van der Waals surface area (Å²) in [6.45, 7) is 2.57. The van der Waals surface area contributed by atoms with Crippen molar-refractivity contribution in [2.45, 2.75) is 19.8 Å². The number of carboxylic acids is 1. The molecule has 108 valence electrons. The largest absolute Gasteiger partial charge is 0.507 e. The number of piperidine rings is 1. The summed E-state index contributed by atoms with van der Waals surface area (Å²) < 4.78 is 0.691. The van der Waals surface area contributed by atoms with Crippen molar-refractivity contribution in [2.24, 2.45) is 5.41 Å². The van der Waals surface area contributed by atoms with E-state index in [-0.39, 0.29) is 11.7 Å². The van der Waals surface area contributed by atoms with Gasteiger partial charge in [-0.3, -0.25) is 9.59 Å². The molecule has 1 aromatic rings. The fourth-order valence-corrected chi connectivity index (χ4v) is 2.58. The van der Waals surface area contributed by atoms with Crippen LogP contribution in [0.2, 0.25) is 0 Å². The van der Waals surface area contributed by atoms with Gasteiger partial charge in [0.1, 0.15) is 5.75 Å². The molecular formula is C14H16INO4. The second kappa shape index (κ2) is 5.59. The summed E-state index contributed by atoms with van der Waals surface area (Å²) in [5.41, 5.74) is -0.313. The van der Waals surface area contributed by atoms with Crippen LogP contribution >= 0.6 is 22.6 Å². The summed E-state index contributed by atoms with van der Waals surface area (Å²) in [5, 5.41) is 18.8. The second-order valence-electron chi connectivity index (χ2n) is 5.32. The van der Waals surface area contributed by atoms with Crippen LogP contribution < -0.4 is 0 Å². The van der Waals surface area contributed by atoms with E-state index in [0.29, 0.717) is 35.1 Å². The molecule has 1 aromatic carbocycles. The SMILES string of the molecule is CC1(C(=O)O)CCN(C(=O)c2ccc(I)c(O)c2)CC1. The van der Waals surface area contributed by atoms with E-state index in [9.17, 15) is 14.7 Å². The lowest BCUT2D eigenvalue weighted by atomic mass is 9.80. The molecule has 0 aromatic heterocycles. The van der Waals surface area contributed by atoms with Gasteiger partial charge >= 0.3 is 5.97 Å². The summed E-state index contributed by atoms with van der Waals surface area (Å²) in [5.74, 6) is -0.885. The highest BCUT2D eigenvalue weighted by Crippen LogP contribution is 2.32. The lowest BCUT2D eigenvalue weighted by molar-refractivity contribution is -0.150. The van der Waals surface area contributed by atoms with Gasteiger partial charge in [0.25, 0.3) is 5.91 Å². The van der Waals surface area contributed by atoms with Gasteiger partial charge in [0.05, 0.1) is 8.99 Å². The minimum absolute atomic E-state index is 0.0869. The number of hydrogen-bond acceptors (Lipinski definition) is 3. The van der Waals surface area contributed by atoms with E-state index in [1.807, 2.05) is 22.6 Å². The van der Waals surface area contributed by atoms with Crippen LogP contribution in [0.5, 0.6) is 5.75 Å². The number of nitrogens with zero attached hydrogens (tertiary/aromatic N) is 1. The van der Waals surface area contributed by atoms with Crippen LogP contribution in [0.4, 0.5) is 0 Å². The van der Waals surface area contributed by atoms with Crippen LogP contribution in [-0.4, -0.2) is 40.1 Å². The summed E-state index contributed by atoms with van der Waals surface area (Å²) in [7, 11) is 0. The number of carbonyl (C=O) groups excluding carboxylic acids is 1. The minimum atomic E-state index is -0.809.